The summed E-state index contributed by atoms with van der Waals surface area (Å²) in [6, 6.07) is 6.19. The Morgan fingerprint density at radius 3 is 2.93 bits per heavy atom. The fourth-order valence-electron chi connectivity index (χ4n) is 1.43. The molecule has 1 heterocycles. The van der Waals surface area contributed by atoms with E-state index in [1.165, 1.54) is 3.57 Å². The molecule has 0 aliphatic carbocycles. The standard InChI is InChI=1S/C10H9IO2S/c1-13-10-7-4-6(11)2-3-8(7)14-9(10)5-12/h2-4,12H,5H2,1H3. The van der Waals surface area contributed by atoms with Crippen molar-refractivity contribution in [1.29, 1.82) is 0 Å². The van der Waals surface area contributed by atoms with Gasteiger partial charge in [0.1, 0.15) is 5.75 Å². The summed E-state index contributed by atoms with van der Waals surface area (Å²) in [7, 11) is 1.64. The van der Waals surface area contributed by atoms with Crippen molar-refractivity contribution in [2.75, 3.05) is 7.11 Å². The lowest BCUT2D eigenvalue weighted by Crippen LogP contribution is -1.86. The average Bonchev–Trinajstić information content (AvgIpc) is 2.54. The van der Waals surface area contributed by atoms with Crippen LogP contribution in [0.2, 0.25) is 0 Å². The van der Waals surface area contributed by atoms with Gasteiger partial charge in [0.05, 0.1) is 18.6 Å². The lowest BCUT2D eigenvalue weighted by atomic mass is 10.2. The molecule has 2 nitrogen and oxygen atoms in total. The molecule has 0 bridgehead atoms. The number of benzene rings is 1. The molecule has 0 saturated carbocycles. The van der Waals surface area contributed by atoms with Gasteiger partial charge >= 0.3 is 0 Å². The van der Waals surface area contributed by atoms with Crippen LogP contribution in [0, 0.1) is 3.57 Å². The molecule has 4 heteroatoms. The van der Waals surface area contributed by atoms with Gasteiger partial charge in [-0.1, -0.05) is 0 Å². The van der Waals surface area contributed by atoms with Crippen LogP contribution in [-0.2, 0) is 6.61 Å². The fourth-order valence-corrected chi connectivity index (χ4v) is 2.93. The fraction of sp³-hybridized carbons (Fsp3) is 0.200. The van der Waals surface area contributed by atoms with Crippen molar-refractivity contribution >= 4 is 44.0 Å². The molecule has 1 aromatic heterocycles. The molecule has 0 unspecified atom stereocenters. The monoisotopic (exact) mass is 320 g/mol. The van der Waals surface area contributed by atoms with Gasteiger partial charge in [0, 0.05) is 13.7 Å². The zero-order valence-electron chi connectivity index (χ0n) is 7.58. The van der Waals surface area contributed by atoms with E-state index in [-0.39, 0.29) is 6.61 Å². The highest BCUT2D eigenvalue weighted by molar-refractivity contribution is 14.1. The topological polar surface area (TPSA) is 29.5 Å². The number of ether oxygens (including phenoxy) is 1. The number of hydrogen-bond donors (Lipinski definition) is 1. The number of fused-ring (bicyclic) bond motifs is 1. The second-order valence-corrected chi connectivity index (χ2v) is 5.24. The van der Waals surface area contributed by atoms with E-state index in [2.05, 4.69) is 40.8 Å². The predicted molar refractivity (Wildman–Crippen MR) is 67.0 cm³/mol. The smallest absolute Gasteiger partial charge is 0.142 e. The molecule has 0 amide bonds. The van der Waals surface area contributed by atoms with Gasteiger partial charge in [-0.3, -0.25) is 0 Å². The van der Waals surface area contributed by atoms with E-state index in [1.807, 2.05) is 0 Å². The zero-order chi connectivity index (χ0) is 10.1. The van der Waals surface area contributed by atoms with E-state index in [4.69, 9.17) is 9.84 Å². The maximum Gasteiger partial charge on any atom is 0.142 e. The number of methoxy groups -OCH3 is 1. The Labute approximate surface area is 99.7 Å². The number of halogens is 1. The van der Waals surface area contributed by atoms with Crippen molar-refractivity contribution in [3.8, 4) is 5.75 Å². The number of hydrogen-bond acceptors (Lipinski definition) is 3. The summed E-state index contributed by atoms with van der Waals surface area (Å²) in [5.41, 5.74) is 0. The minimum absolute atomic E-state index is 0.0408. The van der Waals surface area contributed by atoms with Crippen LogP contribution >= 0.6 is 33.9 Å². The van der Waals surface area contributed by atoms with E-state index in [1.54, 1.807) is 18.4 Å². The van der Waals surface area contributed by atoms with Gasteiger partial charge in [0.25, 0.3) is 0 Å². The van der Waals surface area contributed by atoms with Crippen LogP contribution in [0.25, 0.3) is 10.1 Å². The largest absolute Gasteiger partial charge is 0.495 e. The molecule has 74 valence electrons. The molecule has 0 spiro atoms. The molecule has 0 aliphatic rings. The Morgan fingerprint density at radius 2 is 2.29 bits per heavy atom. The highest BCUT2D eigenvalue weighted by atomic mass is 127. The molecule has 1 aromatic carbocycles. The van der Waals surface area contributed by atoms with E-state index < -0.39 is 0 Å². The highest BCUT2D eigenvalue weighted by Crippen LogP contribution is 2.38. The minimum Gasteiger partial charge on any atom is -0.495 e. The third kappa shape index (κ3) is 1.62. The van der Waals surface area contributed by atoms with Crippen LogP contribution < -0.4 is 4.74 Å². The summed E-state index contributed by atoms with van der Waals surface area (Å²) in [6.07, 6.45) is 0. The van der Waals surface area contributed by atoms with E-state index >= 15 is 0 Å². The summed E-state index contributed by atoms with van der Waals surface area (Å²) in [5, 5.41) is 10.2. The lowest BCUT2D eigenvalue weighted by molar-refractivity contribution is 0.278. The van der Waals surface area contributed by atoms with Gasteiger partial charge in [0.15, 0.2) is 0 Å². The van der Waals surface area contributed by atoms with Crippen LogP contribution in [0.1, 0.15) is 4.88 Å². The van der Waals surface area contributed by atoms with Crippen molar-refractivity contribution in [3.05, 3.63) is 26.6 Å². The first-order valence-electron chi connectivity index (χ1n) is 4.12. The second kappa shape index (κ2) is 4.04. The van der Waals surface area contributed by atoms with Crippen molar-refractivity contribution in [2.45, 2.75) is 6.61 Å². The van der Waals surface area contributed by atoms with Crippen molar-refractivity contribution in [1.82, 2.24) is 0 Å². The minimum atomic E-state index is 0.0408. The normalized spacial score (nSPS) is 10.8. The zero-order valence-corrected chi connectivity index (χ0v) is 10.6. The van der Waals surface area contributed by atoms with E-state index in [9.17, 15) is 0 Å². The molecule has 0 atom stereocenters. The van der Waals surface area contributed by atoms with Gasteiger partial charge < -0.3 is 9.84 Å². The van der Waals surface area contributed by atoms with Crippen LogP contribution in [0.3, 0.4) is 0 Å². The molecule has 1 N–H and O–H groups in total. The number of thiophene rings is 1. The first-order valence-corrected chi connectivity index (χ1v) is 6.01. The lowest BCUT2D eigenvalue weighted by Gasteiger charge is -1.99. The van der Waals surface area contributed by atoms with Gasteiger partial charge in [-0.05, 0) is 40.8 Å². The quantitative estimate of drug-likeness (QED) is 0.862. The molecule has 0 radical (unpaired) electrons. The molecular formula is C10H9IO2S. The Morgan fingerprint density at radius 1 is 1.50 bits per heavy atom. The summed E-state index contributed by atoms with van der Waals surface area (Å²) in [5.74, 6) is 0.811. The van der Waals surface area contributed by atoms with Crippen LogP contribution in [-0.4, -0.2) is 12.2 Å². The predicted octanol–water partition coefficient (Wildman–Crippen LogP) is 3.01. The third-order valence-electron chi connectivity index (χ3n) is 2.02. The average molecular weight is 320 g/mol. The molecular weight excluding hydrogens is 311 g/mol. The maximum absolute atomic E-state index is 9.15. The van der Waals surface area contributed by atoms with Gasteiger partial charge in [-0.2, -0.15) is 0 Å². The highest BCUT2D eigenvalue weighted by Gasteiger charge is 2.11. The van der Waals surface area contributed by atoms with Crippen LogP contribution in [0.15, 0.2) is 18.2 Å². The van der Waals surface area contributed by atoms with Crippen molar-refractivity contribution < 1.29 is 9.84 Å². The first kappa shape index (κ1) is 10.2. The third-order valence-corrected chi connectivity index (χ3v) is 3.83. The Kier molecular flexibility index (Phi) is 2.94. The first-order chi connectivity index (χ1) is 6.76. The number of aliphatic hydroxyl groups is 1. The molecule has 14 heavy (non-hydrogen) atoms. The SMILES string of the molecule is COc1c(CO)sc2ccc(I)cc12. The second-order valence-electron chi connectivity index (χ2n) is 2.86. The van der Waals surface area contributed by atoms with Gasteiger partial charge in [-0.15, -0.1) is 11.3 Å². The van der Waals surface area contributed by atoms with Crippen molar-refractivity contribution in [3.63, 3.8) is 0 Å². The molecule has 0 saturated heterocycles. The van der Waals surface area contributed by atoms with Gasteiger partial charge in [-0.25, -0.2) is 0 Å². The number of aliphatic hydroxyl groups excluding tert-OH is 1. The molecule has 0 aliphatic heterocycles. The Balaban J connectivity index is 2.74. The summed E-state index contributed by atoms with van der Waals surface area (Å²) < 4.78 is 7.63. The van der Waals surface area contributed by atoms with Crippen LogP contribution in [0.5, 0.6) is 5.75 Å². The van der Waals surface area contributed by atoms with E-state index in [0.717, 1.165) is 20.7 Å². The Bertz CT molecular complexity index is 464. The molecule has 0 fully saturated rings. The molecule has 2 rings (SSSR count). The summed E-state index contributed by atoms with van der Waals surface area (Å²) in [4.78, 5) is 0.893. The molecule has 2 aromatic rings. The Hall–Kier alpha value is -0.330. The van der Waals surface area contributed by atoms with Crippen LogP contribution in [0.4, 0.5) is 0 Å². The summed E-state index contributed by atoms with van der Waals surface area (Å²) in [6.45, 7) is 0.0408. The van der Waals surface area contributed by atoms with Crippen molar-refractivity contribution in [2.24, 2.45) is 0 Å². The summed E-state index contributed by atoms with van der Waals surface area (Å²) >= 11 is 3.85. The van der Waals surface area contributed by atoms with E-state index in [0.29, 0.717) is 0 Å². The maximum atomic E-state index is 9.15. The number of rotatable bonds is 2. The van der Waals surface area contributed by atoms with Gasteiger partial charge in [0.2, 0.25) is 0 Å².